The molecule has 2 heterocycles. The molecule has 34 heavy (non-hydrogen) atoms. The molecule has 3 N–H and O–H groups in total. The summed E-state index contributed by atoms with van der Waals surface area (Å²) < 4.78 is 6.77. The molecule has 0 radical (unpaired) electrons. The average molecular weight is 452 g/mol. The van der Waals surface area contributed by atoms with E-state index in [2.05, 4.69) is 47.2 Å². The molecule has 0 amide bonds. The maximum Gasteiger partial charge on any atom is 0.330 e. The van der Waals surface area contributed by atoms with Gasteiger partial charge in [0.1, 0.15) is 17.9 Å². The molecule has 1 aromatic heterocycles. The van der Waals surface area contributed by atoms with E-state index < -0.39 is 29.7 Å². The molecule has 0 aliphatic carbocycles. The van der Waals surface area contributed by atoms with Gasteiger partial charge in [-0.25, -0.2) is 4.79 Å². The molecular weight excluding hydrogens is 432 g/mol. The lowest BCUT2D eigenvalue weighted by Gasteiger charge is -2.14. The predicted molar refractivity (Wildman–Crippen MR) is 129 cm³/mol. The topological polar surface area (TPSA) is 105 Å². The number of nitrogens with zero attached hydrogens (tertiary/aromatic N) is 1. The third-order valence-electron chi connectivity index (χ3n) is 6.52. The van der Waals surface area contributed by atoms with Crippen molar-refractivity contribution in [2.75, 3.05) is 6.61 Å². The second-order valence-electron chi connectivity index (χ2n) is 8.54. The molecule has 4 aromatic carbocycles. The Hall–Kier alpha value is -3.96. The Morgan fingerprint density at radius 1 is 0.941 bits per heavy atom. The third kappa shape index (κ3) is 3.20. The number of aliphatic hydroxyl groups is 2. The quantitative estimate of drug-likeness (QED) is 0.282. The van der Waals surface area contributed by atoms with Gasteiger partial charge in [-0.05, 0) is 38.4 Å². The summed E-state index contributed by atoms with van der Waals surface area (Å²) in [5.41, 5.74) is -0.371. The van der Waals surface area contributed by atoms with Gasteiger partial charge in [-0.15, -0.1) is 0 Å². The van der Waals surface area contributed by atoms with Gasteiger partial charge in [0.15, 0.2) is 0 Å². The van der Waals surface area contributed by atoms with Gasteiger partial charge >= 0.3 is 5.69 Å². The van der Waals surface area contributed by atoms with Gasteiger partial charge in [0.2, 0.25) is 0 Å². The average Bonchev–Trinajstić information content (AvgIpc) is 3.22. The molecule has 0 bridgehead atoms. The Kier molecular flexibility index (Phi) is 4.74. The molecule has 168 valence electrons. The molecule has 5 aromatic rings. The van der Waals surface area contributed by atoms with Crippen molar-refractivity contribution >= 4 is 32.3 Å². The molecule has 7 heteroatoms. The van der Waals surface area contributed by atoms with Crippen LogP contribution in [0.4, 0.5) is 0 Å². The summed E-state index contributed by atoms with van der Waals surface area (Å²) in [5, 5.41) is 26.1. The van der Waals surface area contributed by atoms with Gasteiger partial charge in [0.05, 0.1) is 12.7 Å². The van der Waals surface area contributed by atoms with E-state index in [9.17, 15) is 19.8 Å². The lowest BCUT2D eigenvalue weighted by Crippen LogP contribution is -2.33. The Bertz CT molecular complexity index is 1720. The highest BCUT2D eigenvalue weighted by molar-refractivity contribution is 6.23. The number of aromatic amines is 1. The van der Waals surface area contributed by atoms with Gasteiger partial charge in [-0.1, -0.05) is 60.4 Å². The normalized spacial score (nSPS) is 20.2. The van der Waals surface area contributed by atoms with Crippen LogP contribution in [0.3, 0.4) is 0 Å². The fourth-order valence-electron chi connectivity index (χ4n) is 4.82. The smallest absolute Gasteiger partial charge is 0.330 e. The summed E-state index contributed by atoms with van der Waals surface area (Å²) in [7, 11) is 0. The Morgan fingerprint density at radius 3 is 2.35 bits per heavy atom. The summed E-state index contributed by atoms with van der Waals surface area (Å²) in [6.45, 7) is -0.364. The molecule has 1 fully saturated rings. The first kappa shape index (κ1) is 20.6. The van der Waals surface area contributed by atoms with E-state index in [1.165, 1.54) is 16.2 Å². The van der Waals surface area contributed by atoms with Crippen LogP contribution in [0.5, 0.6) is 0 Å². The molecular formula is C27H20N2O5. The Labute approximate surface area is 193 Å². The lowest BCUT2D eigenvalue weighted by molar-refractivity contribution is -0.0459. The molecule has 3 atom stereocenters. The number of H-pyrrole nitrogens is 1. The van der Waals surface area contributed by atoms with Crippen LogP contribution in [0.1, 0.15) is 23.8 Å². The standard InChI is InChI=1S/C27H20N2O5/c30-14-22-21(31)12-23(34-22)29-13-19(26(32)28-27(29)33)9-5-15-4-6-18-8-7-16-2-1-3-17-10-11-20(15)25(18)24(16)17/h1-4,6-8,10-11,13,21-23,30-31H,12,14H2,(H,28,32,33)/t21?,22-,23-/m0/s1. The molecule has 1 saturated heterocycles. The van der Waals surface area contributed by atoms with Crippen LogP contribution in [0.15, 0.2) is 70.4 Å². The predicted octanol–water partition coefficient (Wildman–Crippen LogP) is 2.47. The van der Waals surface area contributed by atoms with Crippen LogP contribution in [0.2, 0.25) is 0 Å². The second kappa shape index (κ2) is 7.82. The van der Waals surface area contributed by atoms with E-state index in [0.29, 0.717) is 0 Å². The minimum Gasteiger partial charge on any atom is -0.394 e. The number of benzene rings is 4. The van der Waals surface area contributed by atoms with E-state index in [1.54, 1.807) is 0 Å². The maximum atomic E-state index is 12.4. The minimum atomic E-state index is -0.902. The van der Waals surface area contributed by atoms with Gasteiger partial charge in [0, 0.05) is 18.2 Å². The number of rotatable bonds is 2. The van der Waals surface area contributed by atoms with Crippen molar-refractivity contribution in [3.05, 3.63) is 92.8 Å². The minimum absolute atomic E-state index is 0.107. The van der Waals surface area contributed by atoms with Crippen molar-refractivity contribution in [1.82, 2.24) is 9.55 Å². The Balaban J connectivity index is 1.46. The van der Waals surface area contributed by atoms with Crippen LogP contribution < -0.4 is 11.2 Å². The number of aliphatic hydroxyl groups excluding tert-OH is 2. The summed E-state index contributed by atoms with van der Waals surface area (Å²) in [6, 6.07) is 18.5. The number of hydrogen-bond donors (Lipinski definition) is 3. The summed E-state index contributed by atoms with van der Waals surface area (Å²) in [5.74, 6) is 6.02. The highest BCUT2D eigenvalue weighted by Gasteiger charge is 2.35. The van der Waals surface area contributed by atoms with Crippen LogP contribution in [0.25, 0.3) is 32.3 Å². The molecule has 7 nitrogen and oxygen atoms in total. The van der Waals surface area contributed by atoms with Crippen molar-refractivity contribution in [2.24, 2.45) is 0 Å². The zero-order valence-corrected chi connectivity index (χ0v) is 18.0. The van der Waals surface area contributed by atoms with Crippen molar-refractivity contribution in [3.63, 3.8) is 0 Å². The summed E-state index contributed by atoms with van der Waals surface area (Å²) in [4.78, 5) is 27.1. The first-order valence-corrected chi connectivity index (χ1v) is 11.0. The van der Waals surface area contributed by atoms with Crippen LogP contribution in [0, 0.1) is 11.8 Å². The largest absolute Gasteiger partial charge is 0.394 e. The van der Waals surface area contributed by atoms with Gasteiger partial charge < -0.3 is 14.9 Å². The van der Waals surface area contributed by atoms with E-state index in [1.807, 2.05) is 24.3 Å². The zero-order valence-electron chi connectivity index (χ0n) is 18.0. The first-order valence-electron chi connectivity index (χ1n) is 11.0. The molecule has 1 unspecified atom stereocenters. The maximum absolute atomic E-state index is 12.4. The lowest BCUT2D eigenvalue weighted by atomic mass is 9.92. The monoisotopic (exact) mass is 452 g/mol. The highest BCUT2D eigenvalue weighted by Crippen LogP contribution is 2.35. The van der Waals surface area contributed by atoms with Gasteiger partial charge in [-0.2, -0.15) is 0 Å². The van der Waals surface area contributed by atoms with E-state index in [0.717, 1.165) is 32.5 Å². The molecule has 0 saturated carbocycles. The molecule has 1 aliphatic heterocycles. The van der Waals surface area contributed by atoms with Crippen molar-refractivity contribution in [1.29, 1.82) is 0 Å². The van der Waals surface area contributed by atoms with Crippen LogP contribution >= 0.6 is 0 Å². The van der Waals surface area contributed by atoms with E-state index in [4.69, 9.17) is 4.74 Å². The first-order chi connectivity index (χ1) is 16.5. The third-order valence-corrected chi connectivity index (χ3v) is 6.52. The van der Waals surface area contributed by atoms with E-state index >= 15 is 0 Å². The molecule has 6 rings (SSSR count). The second-order valence-corrected chi connectivity index (χ2v) is 8.54. The van der Waals surface area contributed by atoms with Crippen molar-refractivity contribution in [2.45, 2.75) is 24.9 Å². The van der Waals surface area contributed by atoms with Crippen molar-refractivity contribution in [3.8, 4) is 11.8 Å². The fourth-order valence-corrected chi connectivity index (χ4v) is 4.82. The number of aromatic nitrogens is 2. The summed E-state index contributed by atoms with van der Waals surface area (Å²) >= 11 is 0. The Morgan fingerprint density at radius 2 is 1.62 bits per heavy atom. The highest BCUT2D eigenvalue weighted by atomic mass is 16.5. The SMILES string of the molecule is O=c1[nH]c(=O)n([C@@H]2CC(O)[C@H](CO)O2)cc1C#Cc1ccc2ccc3cccc4ccc1c2c34. The van der Waals surface area contributed by atoms with E-state index in [-0.39, 0.29) is 18.6 Å². The van der Waals surface area contributed by atoms with Gasteiger partial charge in [-0.3, -0.25) is 14.3 Å². The number of nitrogens with one attached hydrogen (secondary N) is 1. The fraction of sp³-hybridized carbons (Fsp3) is 0.185. The van der Waals surface area contributed by atoms with Crippen LogP contribution in [-0.4, -0.2) is 38.6 Å². The number of ether oxygens (including phenoxy) is 1. The molecule has 0 spiro atoms. The zero-order chi connectivity index (χ0) is 23.4. The van der Waals surface area contributed by atoms with Crippen LogP contribution in [-0.2, 0) is 4.74 Å². The number of hydrogen-bond acceptors (Lipinski definition) is 5. The summed E-state index contributed by atoms with van der Waals surface area (Å²) in [6.07, 6.45) is -1.01. The van der Waals surface area contributed by atoms with Gasteiger partial charge in [0.25, 0.3) is 5.56 Å². The van der Waals surface area contributed by atoms with Crippen molar-refractivity contribution < 1.29 is 14.9 Å². The molecule has 1 aliphatic rings.